The minimum Gasteiger partial charge on any atom is -0.490 e. The monoisotopic (exact) mass is 197 g/mol. The molecule has 2 rings (SSSR count). The molecule has 0 bridgehead atoms. The van der Waals surface area contributed by atoms with Crippen LogP contribution in [-0.2, 0) is 0 Å². The van der Waals surface area contributed by atoms with Gasteiger partial charge in [0.05, 0.1) is 12.8 Å². The van der Waals surface area contributed by atoms with Gasteiger partial charge >= 0.3 is 0 Å². The van der Waals surface area contributed by atoms with Crippen LogP contribution in [0.25, 0.3) is 0 Å². The van der Waals surface area contributed by atoms with Gasteiger partial charge in [-0.15, -0.1) is 0 Å². The summed E-state index contributed by atoms with van der Waals surface area (Å²) in [5.41, 5.74) is 0. The van der Waals surface area contributed by atoms with Gasteiger partial charge < -0.3 is 15.0 Å². The van der Waals surface area contributed by atoms with E-state index in [0.717, 1.165) is 25.4 Å². The fourth-order valence-corrected chi connectivity index (χ4v) is 1.20. The molecule has 0 radical (unpaired) electrons. The Balaban J connectivity index is 1.86. The van der Waals surface area contributed by atoms with Crippen molar-refractivity contribution in [3.8, 4) is 5.75 Å². The predicted octanol–water partition coefficient (Wildman–Crippen LogP) is 0.737. The molecule has 13 heavy (non-hydrogen) atoms. The Bertz CT molecular complexity index is 314. The average molecular weight is 197 g/mol. The van der Waals surface area contributed by atoms with Gasteiger partial charge in [-0.3, -0.25) is 0 Å². The number of hydrogen-bond acceptors (Lipinski definition) is 4. The van der Waals surface area contributed by atoms with Crippen molar-refractivity contribution in [3.63, 3.8) is 0 Å². The normalized spacial score (nSPS) is 16.6. The molecule has 0 amide bonds. The molecule has 1 aromatic rings. The zero-order chi connectivity index (χ0) is 9.10. The van der Waals surface area contributed by atoms with Gasteiger partial charge in [0.1, 0.15) is 0 Å². The molecule has 0 unspecified atom stereocenters. The topological polar surface area (TPSA) is 49.9 Å². The molecule has 2 heterocycles. The van der Waals surface area contributed by atoms with E-state index < -0.39 is 0 Å². The Morgan fingerprint density at radius 2 is 2.46 bits per heavy atom. The van der Waals surface area contributed by atoms with Crippen LogP contribution in [0.2, 0.25) is 0 Å². The van der Waals surface area contributed by atoms with Gasteiger partial charge in [0.25, 0.3) is 0 Å². The Morgan fingerprint density at radius 1 is 1.62 bits per heavy atom. The first-order valence-electron chi connectivity index (χ1n) is 4.23. The number of H-pyrrole nitrogens is 1. The van der Waals surface area contributed by atoms with Crippen LogP contribution >= 0.6 is 12.2 Å². The van der Waals surface area contributed by atoms with Crippen molar-refractivity contribution in [3.05, 3.63) is 17.2 Å². The standard InChI is InChI=1S/C8H11N3OS/c13-8-10-3-7(4-11-8)12-5-6-1-9-2-6/h3-4,6,9H,1-2,5H2,(H,10,11,13). The van der Waals surface area contributed by atoms with Gasteiger partial charge in [-0.05, 0) is 12.2 Å². The van der Waals surface area contributed by atoms with Crippen molar-refractivity contribution >= 4 is 12.2 Å². The fourth-order valence-electron chi connectivity index (χ4n) is 1.09. The molecule has 70 valence electrons. The second kappa shape index (κ2) is 3.85. The molecule has 1 aromatic heterocycles. The third-order valence-electron chi connectivity index (χ3n) is 2.00. The first-order valence-corrected chi connectivity index (χ1v) is 4.63. The van der Waals surface area contributed by atoms with E-state index in [-0.39, 0.29) is 0 Å². The zero-order valence-corrected chi connectivity index (χ0v) is 7.93. The van der Waals surface area contributed by atoms with Crippen molar-refractivity contribution in [1.82, 2.24) is 15.3 Å². The molecule has 0 atom stereocenters. The maximum Gasteiger partial charge on any atom is 0.196 e. The highest BCUT2D eigenvalue weighted by molar-refractivity contribution is 7.71. The summed E-state index contributed by atoms with van der Waals surface area (Å²) >= 11 is 4.81. The van der Waals surface area contributed by atoms with Crippen LogP contribution in [0, 0.1) is 10.7 Å². The molecule has 1 aliphatic heterocycles. The molecule has 0 aromatic carbocycles. The Labute approximate surface area is 81.3 Å². The fraction of sp³-hybridized carbons (Fsp3) is 0.500. The van der Waals surface area contributed by atoms with Crippen LogP contribution < -0.4 is 10.1 Å². The predicted molar refractivity (Wildman–Crippen MR) is 51.3 cm³/mol. The summed E-state index contributed by atoms with van der Waals surface area (Å²) in [6, 6.07) is 0. The molecule has 1 aliphatic rings. The highest BCUT2D eigenvalue weighted by Crippen LogP contribution is 2.09. The van der Waals surface area contributed by atoms with Crippen molar-refractivity contribution < 1.29 is 4.74 Å². The molecular weight excluding hydrogens is 186 g/mol. The van der Waals surface area contributed by atoms with Gasteiger partial charge in [-0.1, -0.05) is 0 Å². The Morgan fingerprint density at radius 3 is 3.00 bits per heavy atom. The van der Waals surface area contributed by atoms with Crippen LogP contribution in [0.5, 0.6) is 5.75 Å². The van der Waals surface area contributed by atoms with Crippen molar-refractivity contribution in [1.29, 1.82) is 0 Å². The van der Waals surface area contributed by atoms with E-state index in [2.05, 4.69) is 15.3 Å². The summed E-state index contributed by atoms with van der Waals surface area (Å²) in [6.45, 7) is 2.85. The summed E-state index contributed by atoms with van der Waals surface area (Å²) in [6.07, 6.45) is 3.38. The maximum atomic E-state index is 5.48. The lowest BCUT2D eigenvalue weighted by atomic mass is 10.1. The van der Waals surface area contributed by atoms with Gasteiger partial charge in [0.15, 0.2) is 10.5 Å². The number of nitrogens with zero attached hydrogens (tertiary/aromatic N) is 1. The van der Waals surface area contributed by atoms with Crippen LogP contribution in [0.4, 0.5) is 0 Å². The molecule has 0 spiro atoms. The van der Waals surface area contributed by atoms with E-state index in [0.29, 0.717) is 10.7 Å². The van der Waals surface area contributed by atoms with Crippen LogP contribution in [0.1, 0.15) is 0 Å². The lowest BCUT2D eigenvalue weighted by Crippen LogP contribution is -2.45. The summed E-state index contributed by atoms with van der Waals surface area (Å²) in [4.78, 5) is 6.74. The first-order chi connectivity index (χ1) is 6.34. The number of aromatic amines is 1. The largest absolute Gasteiger partial charge is 0.490 e. The summed E-state index contributed by atoms with van der Waals surface area (Å²) in [5.74, 6) is 1.39. The van der Waals surface area contributed by atoms with Crippen LogP contribution in [-0.4, -0.2) is 29.7 Å². The molecule has 1 saturated heterocycles. The number of rotatable bonds is 3. The van der Waals surface area contributed by atoms with E-state index in [1.807, 2.05) is 0 Å². The van der Waals surface area contributed by atoms with Gasteiger partial charge in [0.2, 0.25) is 0 Å². The summed E-state index contributed by atoms with van der Waals surface area (Å²) < 4.78 is 5.97. The zero-order valence-electron chi connectivity index (χ0n) is 7.12. The highest BCUT2D eigenvalue weighted by atomic mass is 32.1. The second-order valence-electron chi connectivity index (χ2n) is 3.09. The van der Waals surface area contributed by atoms with Gasteiger partial charge in [0, 0.05) is 25.2 Å². The molecule has 4 nitrogen and oxygen atoms in total. The van der Waals surface area contributed by atoms with Crippen molar-refractivity contribution in [2.45, 2.75) is 0 Å². The van der Waals surface area contributed by atoms with Crippen LogP contribution in [0.3, 0.4) is 0 Å². The van der Waals surface area contributed by atoms with E-state index in [1.165, 1.54) is 0 Å². The summed E-state index contributed by atoms with van der Waals surface area (Å²) in [7, 11) is 0. The Kier molecular flexibility index (Phi) is 2.56. The third kappa shape index (κ3) is 2.26. The lowest BCUT2D eigenvalue weighted by Gasteiger charge is -2.26. The third-order valence-corrected chi connectivity index (χ3v) is 2.22. The minimum absolute atomic E-state index is 0.484. The number of ether oxygens (including phenoxy) is 1. The smallest absolute Gasteiger partial charge is 0.196 e. The second-order valence-corrected chi connectivity index (χ2v) is 3.48. The molecule has 0 aliphatic carbocycles. The lowest BCUT2D eigenvalue weighted by molar-refractivity contribution is 0.198. The van der Waals surface area contributed by atoms with E-state index in [4.69, 9.17) is 17.0 Å². The molecule has 5 heteroatoms. The van der Waals surface area contributed by atoms with E-state index in [1.54, 1.807) is 12.4 Å². The van der Waals surface area contributed by atoms with Crippen molar-refractivity contribution in [2.75, 3.05) is 19.7 Å². The number of aromatic nitrogens is 2. The SMILES string of the molecule is S=c1ncc(OCC2CNC2)c[nH]1. The average Bonchev–Trinajstić information content (AvgIpc) is 2.05. The Hall–Kier alpha value is -0.940. The van der Waals surface area contributed by atoms with E-state index in [9.17, 15) is 0 Å². The van der Waals surface area contributed by atoms with Crippen LogP contribution in [0.15, 0.2) is 12.4 Å². The molecular formula is C8H11N3OS. The number of nitrogens with one attached hydrogen (secondary N) is 2. The first kappa shape index (κ1) is 8.65. The van der Waals surface area contributed by atoms with Crippen molar-refractivity contribution in [2.24, 2.45) is 5.92 Å². The minimum atomic E-state index is 0.484. The molecule has 2 N–H and O–H groups in total. The molecule has 0 saturated carbocycles. The summed E-state index contributed by atoms with van der Waals surface area (Å²) in [5, 5.41) is 3.19. The van der Waals surface area contributed by atoms with Gasteiger partial charge in [-0.2, -0.15) is 0 Å². The van der Waals surface area contributed by atoms with E-state index >= 15 is 0 Å². The molecule has 1 fully saturated rings. The van der Waals surface area contributed by atoms with Gasteiger partial charge in [-0.25, -0.2) is 4.98 Å². The quantitative estimate of drug-likeness (QED) is 0.702. The highest BCUT2D eigenvalue weighted by Gasteiger charge is 2.16. The number of hydrogen-bond donors (Lipinski definition) is 2. The maximum absolute atomic E-state index is 5.48.